The molecule has 2 N–H and O–H groups in total. The summed E-state index contributed by atoms with van der Waals surface area (Å²) in [7, 11) is 1.95. The highest BCUT2D eigenvalue weighted by atomic mass is 16.3. The maximum atomic E-state index is 9.57. The zero-order valence-electron chi connectivity index (χ0n) is 12.6. The summed E-state index contributed by atoms with van der Waals surface area (Å²) in [4.78, 5) is 0. The minimum absolute atomic E-state index is 0.109. The lowest BCUT2D eigenvalue weighted by molar-refractivity contribution is 0.345. The first-order valence-electron chi connectivity index (χ1n) is 7.82. The van der Waals surface area contributed by atoms with Gasteiger partial charge in [-0.15, -0.1) is 0 Å². The van der Waals surface area contributed by atoms with Crippen LogP contribution < -0.4 is 5.32 Å². The molecule has 110 valence electrons. The minimum Gasteiger partial charge on any atom is -0.508 e. The summed E-state index contributed by atoms with van der Waals surface area (Å²) < 4.78 is 0. The van der Waals surface area contributed by atoms with Crippen LogP contribution >= 0.6 is 0 Å². The molecule has 1 fully saturated rings. The quantitative estimate of drug-likeness (QED) is 0.856. The SMILES string of the molecule is CNc1ccc(C2(c3ccc(O)cc3)CCCCC2)cc1. The van der Waals surface area contributed by atoms with Crippen molar-refractivity contribution in [1.82, 2.24) is 0 Å². The normalized spacial score (nSPS) is 17.4. The van der Waals surface area contributed by atoms with Crippen LogP contribution in [0.4, 0.5) is 5.69 Å². The molecule has 0 atom stereocenters. The van der Waals surface area contributed by atoms with Crippen molar-refractivity contribution in [2.24, 2.45) is 0 Å². The fourth-order valence-corrected chi connectivity index (χ4v) is 3.64. The van der Waals surface area contributed by atoms with Crippen LogP contribution in [0.15, 0.2) is 48.5 Å². The maximum Gasteiger partial charge on any atom is 0.115 e. The lowest BCUT2D eigenvalue weighted by Gasteiger charge is -2.38. The van der Waals surface area contributed by atoms with Gasteiger partial charge in [0.25, 0.3) is 0 Å². The number of benzene rings is 2. The van der Waals surface area contributed by atoms with Crippen LogP contribution in [0.25, 0.3) is 0 Å². The van der Waals surface area contributed by atoms with Crippen LogP contribution in [-0.2, 0) is 5.41 Å². The van der Waals surface area contributed by atoms with Crippen molar-refractivity contribution in [3.05, 3.63) is 59.7 Å². The molecule has 2 aromatic rings. The molecule has 0 heterocycles. The summed E-state index contributed by atoms with van der Waals surface area (Å²) in [6.45, 7) is 0. The number of aromatic hydroxyl groups is 1. The third-order valence-electron chi connectivity index (χ3n) is 4.85. The van der Waals surface area contributed by atoms with Crippen molar-refractivity contribution in [3.63, 3.8) is 0 Å². The van der Waals surface area contributed by atoms with Crippen molar-refractivity contribution in [1.29, 1.82) is 0 Å². The van der Waals surface area contributed by atoms with Crippen LogP contribution in [0.3, 0.4) is 0 Å². The maximum absolute atomic E-state index is 9.57. The van der Waals surface area contributed by atoms with Crippen LogP contribution in [0.1, 0.15) is 43.2 Å². The first kappa shape index (κ1) is 14.0. The van der Waals surface area contributed by atoms with Gasteiger partial charge in [-0.25, -0.2) is 0 Å². The van der Waals surface area contributed by atoms with Gasteiger partial charge in [-0.1, -0.05) is 43.5 Å². The van der Waals surface area contributed by atoms with Crippen molar-refractivity contribution in [2.45, 2.75) is 37.5 Å². The Labute approximate surface area is 126 Å². The lowest BCUT2D eigenvalue weighted by Crippen LogP contribution is -2.30. The number of anilines is 1. The average molecular weight is 281 g/mol. The first-order valence-corrected chi connectivity index (χ1v) is 7.82. The van der Waals surface area contributed by atoms with Gasteiger partial charge in [0, 0.05) is 18.2 Å². The molecule has 0 spiro atoms. The van der Waals surface area contributed by atoms with Crippen molar-refractivity contribution in [3.8, 4) is 5.75 Å². The Kier molecular flexibility index (Phi) is 3.87. The smallest absolute Gasteiger partial charge is 0.115 e. The molecule has 0 aliphatic heterocycles. The van der Waals surface area contributed by atoms with Gasteiger partial charge in [0.2, 0.25) is 0 Å². The van der Waals surface area contributed by atoms with E-state index in [2.05, 4.69) is 41.7 Å². The largest absolute Gasteiger partial charge is 0.508 e. The van der Waals surface area contributed by atoms with E-state index in [0.717, 1.165) is 5.69 Å². The molecule has 21 heavy (non-hydrogen) atoms. The monoisotopic (exact) mass is 281 g/mol. The summed E-state index contributed by atoms with van der Waals surface area (Å²) in [5, 5.41) is 12.8. The Morgan fingerprint density at radius 2 is 1.33 bits per heavy atom. The highest BCUT2D eigenvalue weighted by Gasteiger charge is 2.35. The van der Waals surface area contributed by atoms with Gasteiger partial charge in [-0.05, 0) is 48.2 Å². The highest BCUT2D eigenvalue weighted by Crippen LogP contribution is 2.45. The minimum atomic E-state index is 0.109. The number of phenols is 1. The summed E-state index contributed by atoms with van der Waals surface area (Å²) in [5.74, 6) is 0.343. The molecule has 2 nitrogen and oxygen atoms in total. The molecule has 1 aliphatic rings. The number of nitrogens with one attached hydrogen (secondary N) is 1. The molecule has 0 saturated heterocycles. The summed E-state index contributed by atoms with van der Waals surface area (Å²) >= 11 is 0. The second kappa shape index (κ2) is 5.80. The van der Waals surface area contributed by atoms with Gasteiger partial charge < -0.3 is 10.4 Å². The molecule has 0 bridgehead atoms. The summed E-state index contributed by atoms with van der Waals surface area (Å²) in [6.07, 6.45) is 6.26. The molecule has 0 amide bonds. The first-order chi connectivity index (χ1) is 10.2. The van der Waals surface area contributed by atoms with Gasteiger partial charge >= 0.3 is 0 Å². The molecule has 2 heteroatoms. The van der Waals surface area contributed by atoms with Crippen molar-refractivity contribution >= 4 is 5.69 Å². The van der Waals surface area contributed by atoms with E-state index < -0.39 is 0 Å². The number of hydrogen-bond acceptors (Lipinski definition) is 2. The van der Waals surface area contributed by atoms with E-state index in [9.17, 15) is 5.11 Å². The van der Waals surface area contributed by atoms with Crippen LogP contribution in [0.2, 0.25) is 0 Å². The second-order valence-corrected chi connectivity index (χ2v) is 6.02. The predicted molar refractivity (Wildman–Crippen MR) is 88.0 cm³/mol. The zero-order valence-corrected chi connectivity index (χ0v) is 12.6. The third-order valence-corrected chi connectivity index (χ3v) is 4.85. The van der Waals surface area contributed by atoms with E-state index in [-0.39, 0.29) is 5.41 Å². The molecule has 0 unspecified atom stereocenters. The standard InChI is InChI=1S/C19H23NO/c1-20-17-9-5-15(6-10-17)19(13-3-2-4-14-19)16-7-11-18(21)12-8-16/h5-12,20-21H,2-4,13-14H2,1H3. The second-order valence-electron chi connectivity index (χ2n) is 6.02. The molecular formula is C19H23NO. The Bertz CT molecular complexity index is 580. The van der Waals surface area contributed by atoms with E-state index in [1.165, 1.54) is 43.2 Å². The summed E-state index contributed by atoms with van der Waals surface area (Å²) in [5.41, 5.74) is 3.98. The van der Waals surface area contributed by atoms with Crippen LogP contribution in [0, 0.1) is 0 Å². The van der Waals surface area contributed by atoms with Gasteiger partial charge in [0.1, 0.15) is 5.75 Å². The van der Waals surface area contributed by atoms with Gasteiger partial charge in [0.05, 0.1) is 0 Å². The Hall–Kier alpha value is -1.96. The topological polar surface area (TPSA) is 32.3 Å². The van der Waals surface area contributed by atoms with Gasteiger partial charge in [0.15, 0.2) is 0 Å². The highest BCUT2D eigenvalue weighted by molar-refractivity contribution is 5.49. The zero-order chi connectivity index (χ0) is 14.7. The predicted octanol–water partition coefficient (Wildman–Crippen LogP) is 4.68. The van der Waals surface area contributed by atoms with Crippen LogP contribution in [0.5, 0.6) is 5.75 Å². The Balaban J connectivity index is 2.05. The lowest BCUT2D eigenvalue weighted by atomic mass is 9.65. The fourth-order valence-electron chi connectivity index (χ4n) is 3.64. The molecule has 1 aliphatic carbocycles. The molecule has 2 aromatic carbocycles. The molecule has 0 radical (unpaired) electrons. The molecule has 3 rings (SSSR count). The summed E-state index contributed by atoms with van der Waals surface area (Å²) in [6, 6.07) is 16.6. The van der Waals surface area contributed by atoms with Gasteiger partial charge in [-0.3, -0.25) is 0 Å². The van der Waals surface area contributed by atoms with E-state index in [4.69, 9.17) is 0 Å². The number of hydrogen-bond donors (Lipinski definition) is 2. The number of phenolic OH excluding ortho intramolecular Hbond substituents is 1. The molecular weight excluding hydrogens is 258 g/mol. The molecule has 1 saturated carbocycles. The van der Waals surface area contributed by atoms with E-state index in [0.29, 0.717) is 5.75 Å². The van der Waals surface area contributed by atoms with Gasteiger partial charge in [-0.2, -0.15) is 0 Å². The number of rotatable bonds is 3. The van der Waals surface area contributed by atoms with Crippen molar-refractivity contribution < 1.29 is 5.11 Å². The Morgan fingerprint density at radius 3 is 1.86 bits per heavy atom. The Morgan fingerprint density at radius 1 is 0.810 bits per heavy atom. The fraction of sp³-hybridized carbons (Fsp3) is 0.368. The van der Waals surface area contributed by atoms with E-state index >= 15 is 0 Å². The van der Waals surface area contributed by atoms with Crippen LogP contribution in [-0.4, -0.2) is 12.2 Å². The van der Waals surface area contributed by atoms with E-state index in [1.54, 1.807) is 0 Å². The molecule has 0 aromatic heterocycles. The average Bonchev–Trinajstić information content (AvgIpc) is 2.56. The third kappa shape index (κ3) is 2.63. The van der Waals surface area contributed by atoms with Crippen molar-refractivity contribution in [2.75, 3.05) is 12.4 Å². The van der Waals surface area contributed by atoms with E-state index in [1.807, 2.05) is 19.2 Å².